The first-order valence-corrected chi connectivity index (χ1v) is 6.18. The first-order valence-electron chi connectivity index (χ1n) is 6.18. The molecule has 1 amide bonds. The van der Waals surface area contributed by atoms with Crippen LogP contribution >= 0.6 is 0 Å². The molecule has 1 N–H and O–H groups in total. The minimum atomic E-state index is 0.203. The molecule has 0 aromatic carbocycles. The van der Waals surface area contributed by atoms with Gasteiger partial charge in [0, 0.05) is 25.7 Å². The maximum atomic E-state index is 11.9. The molecule has 0 spiro atoms. The highest BCUT2D eigenvalue weighted by Gasteiger charge is 2.23. The van der Waals surface area contributed by atoms with Crippen molar-refractivity contribution >= 4 is 5.91 Å². The van der Waals surface area contributed by atoms with Crippen LogP contribution in [0.5, 0.6) is 0 Å². The van der Waals surface area contributed by atoms with Crippen LogP contribution in [0.4, 0.5) is 0 Å². The van der Waals surface area contributed by atoms with E-state index in [2.05, 4.69) is 31.1 Å². The molecule has 0 radical (unpaired) electrons. The number of nitrogens with zero attached hydrogens (tertiary/aromatic N) is 2. The van der Waals surface area contributed by atoms with Crippen LogP contribution in [0.15, 0.2) is 0 Å². The second-order valence-corrected chi connectivity index (χ2v) is 5.10. The summed E-state index contributed by atoms with van der Waals surface area (Å²) in [7, 11) is 4.05. The van der Waals surface area contributed by atoms with Gasteiger partial charge in [0.05, 0.1) is 6.54 Å². The normalized spacial score (nSPS) is 22.4. The number of nitrogens with one attached hydrogen (secondary N) is 1. The van der Waals surface area contributed by atoms with E-state index < -0.39 is 0 Å². The molecule has 1 aliphatic heterocycles. The Bertz CT molecular complexity index is 230. The maximum Gasteiger partial charge on any atom is 0.236 e. The van der Waals surface area contributed by atoms with Crippen molar-refractivity contribution in [3.8, 4) is 0 Å². The fourth-order valence-corrected chi connectivity index (χ4v) is 2.08. The summed E-state index contributed by atoms with van der Waals surface area (Å²) in [4.78, 5) is 16.1. The monoisotopic (exact) mass is 227 g/mol. The summed E-state index contributed by atoms with van der Waals surface area (Å²) in [6.07, 6.45) is 2.32. The van der Waals surface area contributed by atoms with Gasteiger partial charge in [0.25, 0.3) is 0 Å². The maximum absolute atomic E-state index is 11.9. The summed E-state index contributed by atoms with van der Waals surface area (Å²) in [5, 5.41) is 3.17. The third-order valence-electron chi connectivity index (χ3n) is 3.20. The van der Waals surface area contributed by atoms with E-state index in [9.17, 15) is 4.79 Å². The molecule has 1 fully saturated rings. The Labute approximate surface area is 99.0 Å². The highest BCUT2D eigenvalue weighted by Crippen LogP contribution is 2.13. The lowest BCUT2D eigenvalue weighted by Gasteiger charge is -2.36. The van der Waals surface area contributed by atoms with Gasteiger partial charge in [-0.2, -0.15) is 0 Å². The highest BCUT2D eigenvalue weighted by molar-refractivity contribution is 5.78. The van der Waals surface area contributed by atoms with E-state index in [0.29, 0.717) is 18.6 Å². The van der Waals surface area contributed by atoms with Crippen molar-refractivity contribution in [3.05, 3.63) is 0 Å². The Morgan fingerprint density at radius 2 is 2.25 bits per heavy atom. The van der Waals surface area contributed by atoms with Gasteiger partial charge >= 0.3 is 0 Å². The van der Waals surface area contributed by atoms with E-state index in [1.165, 1.54) is 6.42 Å². The Morgan fingerprint density at radius 1 is 1.56 bits per heavy atom. The summed E-state index contributed by atoms with van der Waals surface area (Å²) in [6, 6.07) is 0.756. The highest BCUT2D eigenvalue weighted by atomic mass is 16.2. The third-order valence-corrected chi connectivity index (χ3v) is 3.20. The minimum Gasteiger partial charge on any atom is -0.340 e. The van der Waals surface area contributed by atoms with Crippen LogP contribution in [0, 0.1) is 0 Å². The molecule has 94 valence electrons. The molecule has 1 heterocycles. The molecule has 16 heavy (non-hydrogen) atoms. The van der Waals surface area contributed by atoms with E-state index in [1.54, 1.807) is 0 Å². The molecule has 1 aliphatic rings. The van der Waals surface area contributed by atoms with Gasteiger partial charge in [-0.1, -0.05) is 13.8 Å². The zero-order chi connectivity index (χ0) is 12.1. The summed E-state index contributed by atoms with van der Waals surface area (Å²) in [5.41, 5.74) is 0. The van der Waals surface area contributed by atoms with Gasteiger partial charge in [-0.3, -0.25) is 4.79 Å². The molecule has 4 heteroatoms. The average Bonchev–Trinajstić information content (AvgIpc) is 2.24. The fraction of sp³-hybridized carbons (Fsp3) is 0.917. The van der Waals surface area contributed by atoms with Gasteiger partial charge in [-0.25, -0.2) is 0 Å². The largest absolute Gasteiger partial charge is 0.340 e. The standard InChI is InChI=1S/C12H25N3O/c1-10(2)13-8-12(16)15(4)11-6-5-7-14(3)9-11/h10-11,13H,5-9H2,1-4H3. The number of hydrogen-bond acceptors (Lipinski definition) is 3. The van der Waals surface area contributed by atoms with Crippen molar-refractivity contribution in [1.82, 2.24) is 15.1 Å². The quantitative estimate of drug-likeness (QED) is 0.761. The zero-order valence-electron chi connectivity index (χ0n) is 11.0. The Hall–Kier alpha value is -0.610. The van der Waals surface area contributed by atoms with Gasteiger partial charge in [0.15, 0.2) is 0 Å². The van der Waals surface area contributed by atoms with Crippen LogP contribution < -0.4 is 5.32 Å². The molecular weight excluding hydrogens is 202 g/mol. The van der Waals surface area contributed by atoms with Crippen molar-refractivity contribution in [2.45, 2.75) is 38.8 Å². The van der Waals surface area contributed by atoms with Crippen LogP contribution in [0.1, 0.15) is 26.7 Å². The minimum absolute atomic E-state index is 0.203. The zero-order valence-corrected chi connectivity index (χ0v) is 11.0. The first-order chi connectivity index (χ1) is 7.50. The molecule has 4 nitrogen and oxygen atoms in total. The summed E-state index contributed by atoms with van der Waals surface area (Å²) in [6.45, 7) is 6.73. The van der Waals surface area contributed by atoms with Crippen molar-refractivity contribution in [2.24, 2.45) is 0 Å². The number of carbonyl (C=O) groups is 1. The van der Waals surface area contributed by atoms with Crippen LogP contribution in [0.25, 0.3) is 0 Å². The van der Waals surface area contributed by atoms with Crippen LogP contribution in [-0.4, -0.2) is 61.5 Å². The van der Waals surface area contributed by atoms with Gasteiger partial charge in [0.2, 0.25) is 5.91 Å². The molecule has 0 aliphatic carbocycles. The van der Waals surface area contributed by atoms with Crippen molar-refractivity contribution in [3.63, 3.8) is 0 Å². The smallest absolute Gasteiger partial charge is 0.236 e. The molecule has 1 rings (SSSR count). The van der Waals surface area contributed by atoms with Crippen LogP contribution in [0.3, 0.4) is 0 Å². The number of amides is 1. The number of rotatable bonds is 4. The fourth-order valence-electron chi connectivity index (χ4n) is 2.08. The average molecular weight is 227 g/mol. The van der Waals surface area contributed by atoms with Gasteiger partial charge in [0.1, 0.15) is 0 Å². The molecule has 0 saturated carbocycles. The molecule has 1 saturated heterocycles. The van der Waals surface area contributed by atoms with E-state index in [-0.39, 0.29) is 5.91 Å². The SMILES string of the molecule is CC(C)NCC(=O)N(C)C1CCCN(C)C1. The molecule has 1 atom stereocenters. The predicted octanol–water partition coefficient (Wildman–Crippen LogP) is 0.537. The third kappa shape index (κ3) is 4.10. The van der Waals surface area contributed by atoms with E-state index >= 15 is 0 Å². The number of hydrogen-bond donors (Lipinski definition) is 1. The van der Waals surface area contributed by atoms with Crippen LogP contribution in [0.2, 0.25) is 0 Å². The lowest BCUT2D eigenvalue weighted by Crippen LogP contribution is -2.49. The summed E-state index contributed by atoms with van der Waals surface area (Å²) < 4.78 is 0. The van der Waals surface area contributed by atoms with E-state index in [0.717, 1.165) is 19.5 Å². The topological polar surface area (TPSA) is 35.6 Å². The second kappa shape index (κ2) is 6.21. The number of carbonyl (C=O) groups excluding carboxylic acids is 1. The number of likely N-dealkylation sites (N-methyl/N-ethyl adjacent to an activating group) is 2. The van der Waals surface area contributed by atoms with E-state index in [4.69, 9.17) is 0 Å². The van der Waals surface area contributed by atoms with Gasteiger partial charge < -0.3 is 15.1 Å². The lowest BCUT2D eigenvalue weighted by molar-refractivity contribution is -0.132. The van der Waals surface area contributed by atoms with Crippen molar-refractivity contribution in [1.29, 1.82) is 0 Å². The number of likely N-dealkylation sites (tertiary alicyclic amines) is 1. The van der Waals surface area contributed by atoms with E-state index in [1.807, 2.05) is 11.9 Å². The molecule has 0 bridgehead atoms. The second-order valence-electron chi connectivity index (χ2n) is 5.10. The van der Waals surface area contributed by atoms with Gasteiger partial charge in [-0.15, -0.1) is 0 Å². The molecule has 0 aromatic heterocycles. The van der Waals surface area contributed by atoms with Crippen molar-refractivity contribution in [2.75, 3.05) is 33.7 Å². The molecule has 1 unspecified atom stereocenters. The number of piperidine rings is 1. The Kier molecular flexibility index (Phi) is 5.22. The molecular formula is C12H25N3O. The van der Waals surface area contributed by atoms with Crippen molar-refractivity contribution < 1.29 is 4.79 Å². The lowest BCUT2D eigenvalue weighted by atomic mass is 10.1. The predicted molar refractivity (Wildman–Crippen MR) is 66.4 cm³/mol. The first kappa shape index (κ1) is 13.5. The van der Waals surface area contributed by atoms with Crippen LogP contribution in [-0.2, 0) is 4.79 Å². The van der Waals surface area contributed by atoms with Gasteiger partial charge in [-0.05, 0) is 26.4 Å². The summed E-state index contributed by atoms with van der Waals surface area (Å²) >= 11 is 0. The molecule has 0 aromatic rings. The Balaban J connectivity index is 2.37. The Morgan fingerprint density at radius 3 is 2.81 bits per heavy atom. The summed E-state index contributed by atoms with van der Waals surface area (Å²) in [5.74, 6) is 0.203.